The van der Waals surface area contributed by atoms with E-state index in [0.717, 1.165) is 0 Å². The number of hydrogen-bond donors (Lipinski definition) is 1. The van der Waals surface area contributed by atoms with Crippen LogP contribution in [0.4, 0.5) is 0 Å². The Morgan fingerprint density at radius 2 is 1.80 bits per heavy atom. The van der Waals surface area contributed by atoms with Crippen molar-refractivity contribution < 1.29 is 18.0 Å². The molecule has 0 fully saturated rings. The second-order valence-electron chi connectivity index (χ2n) is 3.40. The first-order valence-corrected chi connectivity index (χ1v) is 6.55. The molecule has 0 rings (SSSR count). The van der Waals surface area contributed by atoms with Gasteiger partial charge in [0, 0.05) is 12.8 Å². The van der Waals surface area contributed by atoms with E-state index in [-0.39, 0.29) is 30.8 Å². The molecule has 0 unspecified atom stereocenters. The SMILES string of the molecule is CCCC(=O)NS(=O)(=O)CCCC(C)=O. The minimum Gasteiger partial charge on any atom is -0.300 e. The van der Waals surface area contributed by atoms with E-state index in [9.17, 15) is 18.0 Å². The number of amides is 1. The van der Waals surface area contributed by atoms with Gasteiger partial charge in [-0.25, -0.2) is 8.42 Å². The quantitative estimate of drug-likeness (QED) is 0.700. The Balaban J connectivity index is 3.97. The largest absolute Gasteiger partial charge is 0.300 e. The topological polar surface area (TPSA) is 80.3 Å². The molecule has 0 aliphatic heterocycles. The van der Waals surface area contributed by atoms with E-state index in [1.54, 1.807) is 6.92 Å². The molecule has 1 amide bonds. The fraction of sp³-hybridized carbons (Fsp3) is 0.778. The molecule has 5 nitrogen and oxygen atoms in total. The first-order valence-electron chi connectivity index (χ1n) is 4.90. The van der Waals surface area contributed by atoms with E-state index in [4.69, 9.17) is 0 Å². The molecule has 1 N–H and O–H groups in total. The van der Waals surface area contributed by atoms with Crippen molar-refractivity contribution in [1.29, 1.82) is 0 Å². The van der Waals surface area contributed by atoms with Gasteiger partial charge in [-0.3, -0.25) is 9.52 Å². The van der Waals surface area contributed by atoms with Gasteiger partial charge in [0.05, 0.1) is 5.75 Å². The van der Waals surface area contributed by atoms with Gasteiger partial charge >= 0.3 is 0 Å². The van der Waals surface area contributed by atoms with E-state index in [1.165, 1.54) is 6.92 Å². The second-order valence-corrected chi connectivity index (χ2v) is 5.24. The highest BCUT2D eigenvalue weighted by Crippen LogP contribution is 1.97. The van der Waals surface area contributed by atoms with Crippen molar-refractivity contribution in [3.05, 3.63) is 0 Å². The molecule has 0 aromatic heterocycles. The van der Waals surface area contributed by atoms with Crippen molar-refractivity contribution in [2.24, 2.45) is 0 Å². The zero-order chi connectivity index (χ0) is 11.9. The van der Waals surface area contributed by atoms with Crippen LogP contribution in [0.3, 0.4) is 0 Å². The third kappa shape index (κ3) is 8.11. The molecule has 0 aliphatic rings. The fourth-order valence-electron chi connectivity index (χ4n) is 1.01. The first kappa shape index (κ1) is 14.1. The lowest BCUT2D eigenvalue weighted by Crippen LogP contribution is -2.32. The Kier molecular flexibility index (Phi) is 6.15. The molecule has 0 aromatic rings. The Hall–Kier alpha value is -0.910. The molecule has 0 aromatic carbocycles. The molecule has 0 saturated heterocycles. The van der Waals surface area contributed by atoms with Gasteiger partial charge in [0.1, 0.15) is 5.78 Å². The van der Waals surface area contributed by atoms with Gasteiger partial charge < -0.3 is 4.79 Å². The minimum atomic E-state index is -3.55. The molecule has 0 radical (unpaired) electrons. The third-order valence-electron chi connectivity index (χ3n) is 1.69. The fourth-order valence-corrected chi connectivity index (χ4v) is 2.09. The number of ketones is 1. The van der Waals surface area contributed by atoms with Crippen molar-refractivity contribution in [3.63, 3.8) is 0 Å². The highest BCUT2D eigenvalue weighted by atomic mass is 32.2. The highest BCUT2D eigenvalue weighted by Gasteiger charge is 2.13. The van der Waals surface area contributed by atoms with E-state index in [1.807, 2.05) is 4.72 Å². The molecule has 0 saturated carbocycles. The zero-order valence-electron chi connectivity index (χ0n) is 9.08. The number of rotatable bonds is 7. The summed E-state index contributed by atoms with van der Waals surface area (Å²) in [5.74, 6) is -0.715. The van der Waals surface area contributed by atoms with Crippen molar-refractivity contribution >= 4 is 21.7 Å². The van der Waals surface area contributed by atoms with Crippen LogP contribution in [0.25, 0.3) is 0 Å². The van der Waals surface area contributed by atoms with Gasteiger partial charge in [0.15, 0.2) is 0 Å². The van der Waals surface area contributed by atoms with Gasteiger partial charge in [0.2, 0.25) is 15.9 Å². The lowest BCUT2D eigenvalue weighted by atomic mass is 10.3. The van der Waals surface area contributed by atoms with Crippen LogP contribution in [-0.4, -0.2) is 25.9 Å². The molecule has 15 heavy (non-hydrogen) atoms. The van der Waals surface area contributed by atoms with Crippen molar-refractivity contribution in [2.45, 2.75) is 39.5 Å². The van der Waals surface area contributed by atoms with Crippen LogP contribution in [-0.2, 0) is 19.6 Å². The average molecular weight is 235 g/mol. The maximum atomic E-state index is 11.3. The predicted molar refractivity (Wildman–Crippen MR) is 56.8 cm³/mol. The maximum absolute atomic E-state index is 11.3. The molecule has 88 valence electrons. The monoisotopic (exact) mass is 235 g/mol. The summed E-state index contributed by atoms with van der Waals surface area (Å²) in [6.07, 6.45) is 1.29. The Labute approximate surface area is 90.3 Å². The van der Waals surface area contributed by atoms with Crippen molar-refractivity contribution in [1.82, 2.24) is 4.72 Å². The summed E-state index contributed by atoms with van der Waals surface area (Å²) in [5, 5.41) is 0. The Morgan fingerprint density at radius 1 is 1.20 bits per heavy atom. The van der Waals surface area contributed by atoms with E-state index in [2.05, 4.69) is 0 Å². The highest BCUT2D eigenvalue weighted by molar-refractivity contribution is 7.90. The molecular weight excluding hydrogens is 218 g/mol. The average Bonchev–Trinajstić information content (AvgIpc) is 2.01. The molecule has 6 heteroatoms. The number of carbonyl (C=O) groups excluding carboxylic acids is 2. The predicted octanol–water partition coefficient (Wildman–Crippen LogP) is 0.602. The summed E-state index contributed by atoms with van der Waals surface area (Å²) in [7, 11) is -3.55. The Morgan fingerprint density at radius 3 is 2.27 bits per heavy atom. The summed E-state index contributed by atoms with van der Waals surface area (Å²) >= 11 is 0. The molecule has 0 bridgehead atoms. The van der Waals surface area contributed by atoms with Crippen LogP contribution in [0.5, 0.6) is 0 Å². The van der Waals surface area contributed by atoms with Crippen LogP contribution < -0.4 is 4.72 Å². The Bertz CT molecular complexity index is 321. The normalized spacial score (nSPS) is 11.1. The van der Waals surface area contributed by atoms with Crippen LogP contribution in [0.2, 0.25) is 0 Å². The standard InChI is InChI=1S/C9H17NO4S/c1-3-5-9(12)10-15(13,14)7-4-6-8(2)11/h3-7H2,1-2H3,(H,10,12). The van der Waals surface area contributed by atoms with E-state index in [0.29, 0.717) is 6.42 Å². The number of carbonyl (C=O) groups is 2. The number of sulfonamides is 1. The molecule has 0 atom stereocenters. The van der Waals surface area contributed by atoms with Crippen molar-refractivity contribution in [2.75, 3.05) is 5.75 Å². The van der Waals surface area contributed by atoms with Crippen LogP contribution in [0, 0.1) is 0 Å². The summed E-state index contributed by atoms with van der Waals surface area (Å²) < 4.78 is 24.5. The lowest BCUT2D eigenvalue weighted by molar-refractivity contribution is -0.119. The first-order chi connectivity index (χ1) is 6.87. The summed E-state index contributed by atoms with van der Waals surface area (Å²) in [6, 6.07) is 0. The minimum absolute atomic E-state index is 0.0508. The zero-order valence-corrected chi connectivity index (χ0v) is 9.89. The van der Waals surface area contributed by atoms with Gasteiger partial charge in [0.25, 0.3) is 0 Å². The molecule has 0 spiro atoms. The molecule has 0 aliphatic carbocycles. The summed E-state index contributed by atoms with van der Waals surface area (Å²) in [4.78, 5) is 21.6. The summed E-state index contributed by atoms with van der Waals surface area (Å²) in [5.41, 5.74) is 0. The van der Waals surface area contributed by atoms with Gasteiger partial charge in [-0.05, 0) is 19.8 Å². The van der Waals surface area contributed by atoms with E-state index < -0.39 is 15.9 Å². The maximum Gasteiger partial charge on any atom is 0.234 e. The number of Topliss-reactive ketones (excluding diaryl/α,β-unsaturated/α-hetero) is 1. The van der Waals surface area contributed by atoms with Gasteiger partial charge in [-0.15, -0.1) is 0 Å². The lowest BCUT2D eigenvalue weighted by Gasteiger charge is -2.05. The van der Waals surface area contributed by atoms with Crippen LogP contribution in [0.1, 0.15) is 39.5 Å². The van der Waals surface area contributed by atoms with Gasteiger partial charge in [-0.1, -0.05) is 6.92 Å². The number of nitrogens with one attached hydrogen (secondary N) is 1. The van der Waals surface area contributed by atoms with Crippen LogP contribution in [0.15, 0.2) is 0 Å². The van der Waals surface area contributed by atoms with Crippen molar-refractivity contribution in [3.8, 4) is 0 Å². The smallest absolute Gasteiger partial charge is 0.234 e. The third-order valence-corrected chi connectivity index (χ3v) is 3.05. The molecular formula is C9H17NO4S. The van der Waals surface area contributed by atoms with Crippen LogP contribution >= 0.6 is 0 Å². The second kappa shape index (κ2) is 6.55. The number of hydrogen-bond acceptors (Lipinski definition) is 4. The van der Waals surface area contributed by atoms with Gasteiger partial charge in [-0.2, -0.15) is 0 Å². The summed E-state index contributed by atoms with van der Waals surface area (Å²) in [6.45, 7) is 3.20. The molecule has 0 heterocycles. The van der Waals surface area contributed by atoms with E-state index >= 15 is 0 Å².